The first-order chi connectivity index (χ1) is 14.1. The molecular formula is C23H27N5O. The molecule has 0 spiro atoms. The molecule has 0 aliphatic carbocycles. The van der Waals surface area contributed by atoms with E-state index >= 15 is 0 Å². The Labute approximate surface area is 172 Å². The molecule has 0 fully saturated rings. The van der Waals surface area contributed by atoms with Crippen LogP contribution in [0.15, 0.2) is 60.9 Å². The molecule has 150 valence electrons. The van der Waals surface area contributed by atoms with Gasteiger partial charge < -0.3 is 15.5 Å². The third kappa shape index (κ3) is 5.31. The minimum Gasteiger partial charge on any atom is -0.372 e. The van der Waals surface area contributed by atoms with E-state index in [2.05, 4.69) is 64.5 Å². The lowest BCUT2D eigenvalue weighted by Crippen LogP contribution is -2.24. The van der Waals surface area contributed by atoms with Crippen LogP contribution in [-0.2, 0) is 6.54 Å². The van der Waals surface area contributed by atoms with E-state index in [-0.39, 0.29) is 5.91 Å². The minimum atomic E-state index is -0.220. The number of carbonyl (C=O) groups is 1. The molecule has 0 radical (unpaired) electrons. The topological polar surface area (TPSA) is 70.2 Å². The summed E-state index contributed by atoms with van der Waals surface area (Å²) in [5.74, 6) is -0.220. The molecule has 3 aromatic rings. The Morgan fingerprint density at radius 3 is 2.48 bits per heavy atom. The highest BCUT2D eigenvalue weighted by Gasteiger charge is 2.09. The molecule has 2 heterocycles. The Morgan fingerprint density at radius 2 is 1.86 bits per heavy atom. The summed E-state index contributed by atoms with van der Waals surface area (Å²) in [5.41, 5.74) is 5.42. The monoisotopic (exact) mass is 389 g/mol. The fraction of sp³-hybridized carbons (Fsp3) is 0.261. The highest BCUT2D eigenvalue weighted by atomic mass is 16.1. The number of aryl methyl sites for hydroxylation is 1. The first-order valence-corrected chi connectivity index (χ1v) is 9.87. The fourth-order valence-corrected chi connectivity index (χ4v) is 3.10. The van der Waals surface area contributed by atoms with E-state index in [1.807, 2.05) is 24.3 Å². The molecule has 1 amide bonds. The van der Waals surface area contributed by atoms with Crippen molar-refractivity contribution >= 4 is 23.0 Å². The van der Waals surface area contributed by atoms with E-state index in [0.717, 1.165) is 35.7 Å². The standard InChI is InChI=1S/C23H27N5O/c1-4-28(5-2)20-10-12-21(17(3)14-20)27-19-9-11-22(25-16-19)23(29)26-15-18-8-6-7-13-24-18/h6-14,16,27H,4-5,15H2,1-3H3,(H,26,29). The molecular weight excluding hydrogens is 362 g/mol. The number of nitrogens with zero attached hydrogens (tertiary/aromatic N) is 3. The molecule has 0 saturated heterocycles. The molecule has 1 aromatic carbocycles. The van der Waals surface area contributed by atoms with Gasteiger partial charge in [-0.25, -0.2) is 4.98 Å². The Balaban J connectivity index is 1.62. The van der Waals surface area contributed by atoms with Crippen LogP contribution in [0.2, 0.25) is 0 Å². The van der Waals surface area contributed by atoms with Crippen LogP contribution in [0, 0.1) is 6.92 Å². The average Bonchev–Trinajstić information content (AvgIpc) is 2.76. The summed E-state index contributed by atoms with van der Waals surface area (Å²) in [4.78, 5) is 23.1. The number of hydrogen-bond acceptors (Lipinski definition) is 5. The zero-order valence-electron chi connectivity index (χ0n) is 17.1. The fourth-order valence-electron chi connectivity index (χ4n) is 3.10. The number of amides is 1. The Kier molecular flexibility index (Phi) is 6.79. The number of anilines is 3. The second-order valence-electron chi connectivity index (χ2n) is 6.73. The predicted octanol–water partition coefficient (Wildman–Crippen LogP) is 4.30. The molecule has 6 heteroatoms. The highest BCUT2D eigenvalue weighted by molar-refractivity contribution is 5.92. The van der Waals surface area contributed by atoms with Crippen LogP contribution in [0.1, 0.15) is 35.6 Å². The number of nitrogens with one attached hydrogen (secondary N) is 2. The van der Waals surface area contributed by atoms with E-state index in [4.69, 9.17) is 0 Å². The van der Waals surface area contributed by atoms with Crippen LogP contribution in [0.4, 0.5) is 17.1 Å². The number of aromatic nitrogens is 2. The molecule has 6 nitrogen and oxygen atoms in total. The maximum Gasteiger partial charge on any atom is 0.270 e. The minimum absolute atomic E-state index is 0.220. The van der Waals surface area contributed by atoms with Crippen molar-refractivity contribution in [1.82, 2.24) is 15.3 Å². The van der Waals surface area contributed by atoms with Gasteiger partial charge >= 0.3 is 0 Å². The van der Waals surface area contributed by atoms with Gasteiger partial charge in [-0.1, -0.05) is 6.07 Å². The summed E-state index contributed by atoms with van der Waals surface area (Å²) in [5, 5.41) is 6.21. The molecule has 29 heavy (non-hydrogen) atoms. The molecule has 0 unspecified atom stereocenters. The number of carbonyl (C=O) groups excluding carboxylic acids is 1. The van der Waals surface area contributed by atoms with E-state index in [1.54, 1.807) is 18.5 Å². The van der Waals surface area contributed by atoms with Crippen LogP contribution in [0.25, 0.3) is 0 Å². The normalized spacial score (nSPS) is 10.4. The second-order valence-corrected chi connectivity index (χ2v) is 6.73. The Bertz CT molecular complexity index is 937. The van der Waals surface area contributed by atoms with Crippen LogP contribution in [0.5, 0.6) is 0 Å². The van der Waals surface area contributed by atoms with E-state index in [9.17, 15) is 4.79 Å². The number of pyridine rings is 2. The van der Waals surface area contributed by atoms with Gasteiger partial charge in [0, 0.05) is 30.7 Å². The summed E-state index contributed by atoms with van der Waals surface area (Å²) in [6.07, 6.45) is 3.38. The summed E-state index contributed by atoms with van der Waals surface area (Å²) in [7, 11) is 0. The third-order valence-electron chi connectivity index (χ3n) is 4.77. The van der Waals surface area contributed by atoms with Gasteiger partial charge in [-0.3, -0.25) is 9.78 Å². The van der Waals surface area contributed by atoms with Crippen molar-refractivity contribution in [3.63, 3.8) is 0 Å². The number of rotatable bonds is 8. The molecule has 2 aromatic heterocycles. The van der Waals surface area contributed by atoms with Gasteiger partial charge in [0.15, 0.2) is 0 Å². The van der Waals surface area contributed by atoms with Crippen molar-refractivity contribution < 1.29 is 4.79 Å². The maximum absolute atomic E-state index is 12.3. The van der Waals surface area contributed by atoms with Crippen molar-refractivity contribution in [3.05, 3.63) is 77.9 Å². The SMILES string of the molecule is CCN(CC)c1ccc(Nc2ccc(C(=O)NCc3ccccn3)nc2)c(C)c1. The maximum atomic E-state index is 12.3. The van der Waals surface area contributed by atoms with Crippen molar-refractivity contribution in [2.45, 2.75) is 27.3 Å². The van der Waals surface area contributed by atoms with E-state index < -0.39 is 0 Å². The first-order valence-electron chi connectivity index (χ1n) is 9.87. The zero-order valence-corrected chi connectivity index (χ0v) is 17.1. The van der Waals surface area contributed by atoms with Gasteiger partial charge in [0.2, 0.25) is 0 Å². The van der Waals surface area contributed by atoms with Crippen LogP contribution in [-0.4, -0.2) is 29.0 Å². The van der Waals surface area contributed by atoms with Crippen molar-refractivity contribution in [2.75, 3.05) is 23.3 Å². The lowest BCUT2D eigenvalue weighted by molar-refractivity contribution is 0.0945. The van der Waals surface area contributed by atoms with E-state index in [1.165, 1.54) is 5.69 Å². The Hall–Kier alpha value is -3.41. The number of benzene rings is 1. The lowest BCUT2D eigenvalue weighted by atomic mass is 10.1. The van der Waals surface area contributed by atoms with Crippen LogP contribution in [0.3, 0.4) is 0 Å². The van der Waals surface area contributed by atoms with Gasteiger partial charge in [-0.05, 0) is 68.8 Å². The largest absolute Gasteiger partial charge is 0.372 e. The summed E-state index contributed by atoms with van der Waals surface area (Å²) >= 11 is 0. The van der Waals surface area contributed by atoms with Gasteiger partial charge in [-0.2, -0.15) is 0 Å². The van der Waals surface area contributed by atoms with Gasteiger partial charge in [0.05, 0.1) is 24.1 Å². The molecule has 0 aliphatic rings. The van der Waals surface area contributed by atoms with Gasteiger partial charge in [-0.15, -0.1) is 0 Å². The van der Waals surface area contributed by atoms with E-state index in [0.29, 0.717) is 12.2 Å². The molecule has 0 atom stereocenters. The lowest BCUT2D eigenvalue weighted by Gasteiger charge is -2.22. The smallest absolute Gasteiger partial charge is 0.270 e. The summed E-state index contributed by atoms with van der Waals surface area (Å²) in [6, 6.07) is 15.6. The second kappa shape index (κ2) is 9.68. The molecule has 0 aliphatic heterocycles. The van der Waals surface area contributed by atoms with Crippen LogP contribution >= 0.6 is 0 Å². The molecule has 3 rings (SSSR count). The molecule has 0 saturated carbocycles. The van der Waals surface area contributed by atoms with Gasteiger partial charge in [0.25, 0.3) is 5.91 Å². The third-order valence-corrected chi connectivity index (χ3v) is 4.77. The highest BCUT2D eigenvalue weighted by Crippen LogP contribution is 2.25. The number of hydrogen-bond donors (Lipinski definition) is 2. The molecule has 2 N–H and O–H groups in total. The quantitative estimate of drug-likeness (QED) is 0.601. The van der Waals surface area contributed by atoms with Crippen LogP contribution < -0.4 is 15.5 Å². The molecule has 0 bridgehead atoms. The summed E-state index contributed by atoms with van der Waals surface area (Å²) < 4.78 is 0. The van der Waals surface area contributed by atoms with Crippen molar-refractivity contribution in [2.24, 2.45) is 0 Å². The summed E-state index contributed by atoms with van der Waals surface area (Å²) in [6.45, 7) is 8.74. The zero-order chi connectivity index (χ0) is 20.6. The van der Waals surface area contributed by atoms with Crippen molar-refractivity contribution in [3.8, 4) is 0 Å². The predicted molar refractivity (Wildman–Crippen MR) is 118 cm³/mol. The first kappa shape index (κ1) is 20.3. The van der Waals surface area contributed by atoms with Crippen molar-refractivity contribution in [1.29, 1.82) is 0 Å². The van der Waals surface area contributed by atoms with Gasteiger partial charge in [0.1, 0.15) is 5.69 Å². The Morgan fingerprint density at radius 1 is 1.03 bits per heavy atom. The average molecular weight is 390 g/mol.